The predicted octanol–water partition coefficient (Wildman–Crippen LogP) is 1.05. The molecule has 0 aliphatic carbocycles. The number of hydrogen-bond donors (Lipinski definition) is 1. The molecule has 1 heterocycles. The van der Waals surface area contributed by atoms with Gasteiger partial charge in [0.05, 0.1) is 0 Å². The zero-order chi connectivity index (χ0) is 14.3. The van der Waals surface area contributed by atoms with Crippen molar-refractivity contribution in [2.75, 3.05) is 20.1 Å². The average molecular weight is 281 g/mol. The molecule has 1 aromatic rings. The third kappa shape index (κ3) is 2.64. The van der Waals surface area contributed by atoms with Crippen LogP contribution >= 0.6 is 0 Å². The first-order valence-corrected chi connectivity index (χ1v) is 7.56. The number of benzene rings is 1. The van der Waals surface area contributed by atoms with Crippen molar-refractivity contribution >= 4 is 15.9 Å². The molecule has 0 bridgehead atoms. The van der Waals surface area contributed by atoms with E-state index in [0.29, 0.717) is 24.5 Å². The molecule has 1 aliphatic heterocycles. The van der Waals surface area contributed by atoms with Crippen LogP contribution < -0.4 is 5.73 Å². The molecule has 2 N–H and O–H groups in total. The van der Waals surface area contributed by atoms with Crippen LogP contribution in [0.2, 0.25) is 0 Å². The molecule has 6 heteroatoms. The molecular formula is C13H19N3O2S. The van der Waals surface area contributed by atoms with Crippen molar-refractivity contribution in [3.8, 4) is 0 Å². The van der Waals surface area contributed by atoms with E-state index < -0.39 is 10.0 Å². The van der Waals surface area contributed by atoms with Gasteiger partial charge < -0.3 is 10.6 Å². The first kappa shape index (κ1) is 14.0. The minimum atomic E-state index is -3.55. The van der Waals surface area contributed by atoms with E-state index in [-0.39, 0.29) is 10.3 Å². The van der Waals surface area contributed by atoms with E-state index in [0.717, 1.165) is 0 Å². The molecule has 19 heavy (non-hydrogen) atoms. The normalized spacial score (nSPS) is 16.9. The first-order chi connectivity index (χ1) is 8.77. The fourth-order valence-electron chi connectivity index (χ4n) is 2.15. The van der Waals surface area contributed by atoms with Crippen molar-refractivity contribution < 1.29 is 8.42 Å². The summed E-state index contributed by atoms with van der Waals surface area (Å²) in [7, 11) is -1.71. The Bertz CT molecular complexity index is 621. The summed E-state index contributed by atoms with van der Waals surface area (Å²) in [6, 6.07) is 6.89. The Morgan fingerprint density at radius 1 is 1.32 bits per heavy atom. The smallest absolute Gasteiger partial charge is 0.285 e. The lowest BCUT2D eigenvalue weighted by molar-refractivity contribution is 0.287. The minimum absolute atomic E-state index is 0.0986. The number of hydrogen-bond acceptors (Lipinski definition) is 4. The molecule has 0 unspecified atom stereocenters. The summed E-state index contributed by atoms with van der Waals surface area (Å²) < 4.78 is 27.8. The van der Waals surface area contributed by atoms with Crippen LogP contribution in [0.5, 0.6) is 0 Å². The highest BCUT2D eigenvalue weighted by Crippen LogP contribution is 2.28. The molecule has 0 radical (unpaired) electrons. The first-order valence-electron chi connectivity index (χ1n) is 6.12. The van der Waals surface area contributed by atoms with Crippen molar-refractivity contribution in [3.63, 3.8) is 0 Å². The standard InChI is InChI=1S/C13H19N3O2S/c1-13(2,8-14)9-16(3)12-10-6-4-5-7-11(10)19(17,18)15-12/h4-7H,8-9,14H2,1-3H3. The Kier molecular flexibility index (Phi) is 3.40. The molecule has 0 saturated carbocycles. The molecule has 0 spiro atoms. The van der Waals surface area contributed by atoms with E-state index in [1.54, 1.807) is 18.2 Å². The zero-order valence-electron chi connectivity index (χ0n) is 11.4. The second kappa shape index (κ2) is 4.61. The lowest BCUT2D eigenvalue weighted by atomic mass is 9.93. The van der Waals surface area contributed by atoms with Gasteiger partial charge in [-0.1, -0.05) is 26.0 Å². The Balaban J connectivity index is 2.38. The molecule has 0 saturated heterocycles. The van der Waals surface area contributed by atoms with Gasteiger partial charge in [-0.3, -0.25) is 0 Å². The van der Waals surface area contributed by atoms with E-state index in [1.807, 2.05) is 31.9 Å². The second-order valence-corrected chi connectivity index (χ2v) is 7.18. The number of rotatable bonds is 3. The Morgan fingerprint density at radius 3 is 2.58 bits per heavy atom. The zero-order valence-corrected chi connectivity index (χ0v) is 12.2. The van der Waals surface area contributed by atoms with Crippen LogP contribution in [0.25, 0.3) is 0 Å². The van der Waals surface area contributed by atoms with Crippen molar-refractivity contribution in [1.82, 2.24) is 4.90 Å². The highest BCUT2D eigenvalue weighted by atomic mass is 32.2. The lowest BCUT2D eigenvalue weighted by Crippen LogP contribution is -2.39. The van der Waals surface area contributed by atoms with E-state index in [4.69, 9.17) is 5.73 Å². The molecule has 2 rings (SSSR count). The largest absolute Gasteiger partial charge is 0.358 e. The average Bonchev–Trinajstić information content (AvgIpc) is 2.62. The molecule has 0 atom stereocenters. The van der Waals surface area contributed by atoms with Gasteiger partial charge in [0, 0.05) is 19.2 Å². The minimum Gasteiger partial charge on any atom is -0.358 e. The SMILES string of the molecule is CN(CC(C)(C)CN)C1=NS(=O)(=O)c2ccccc21. The molecule has 1 aliphatic rings. The van der Waals surface area contributed by atoms with Gasteiger partial charge in [0.15, 0.2) is 5.84 Å². The number of amidine groups is 1. The molecule has 0 aromatic heterocycles. The quantitative estimate of drug-likeness (QED) is 0.898. The second-order valence-electron chi connectivity index (χ2n) is 5.61. The van der Waals surface area contributed by atoms with E-state index in [9.17, 15) is 8.42 Å². The number of sulfonamides is 1. The van der Waals surface area contributed by atoms with Gasteiger partial charge in [-0.15, -0.1) is 4.40 Å². The maximum atomic E-state index is 12.0. The summed E-state index contributed by atoms with van der Waals surface area (Å²) in [6.45, 7) is 5.25. The van der Waals surface area contributed by atoms with E-state index >= 15 is 0 Å². The third-order valence-corrected chi connectivity index (χ3v) is 4.52. The fraction of sp³-hybridized carbons (Fsp3) is 0.462. The topological polar surface area (TPSA) is 75.8 Å². The van der Waals surface area contributed by atoms with Crippen LogP contribution in [0.4, 0.5) is 0 Å². The number of nitrogens with zero attached hydrogens (tertiary/aromatic N) is 2. The maximum absolute atomic E-state index is 12.0. The molecule has 104 valence electrons. The van der Waals surface area contributed by atoms with Crippen LogP contribution in [0, 0.1) is 5.41 Å². The summed E-state index contributed by atoms with van der Waals surface area (Å²) in [6.07, 6.45) is 0. The van der Waals surface area contributed by atoms with Gasteiger partial charge in [0.1, 0.15) is 4.90 Å². The van der Waals surface area contributed by atoms with E-state index in [1.165, 1.54) is 0 Å². The Hall–Kier alpha value is -1.40. The number of fused-ring (bicyclic) bond motifs is 1. The van der Waals surface area contributed by atoms with Crippen LogP contribution in [0.3, 0.4) is 0 Å². The summed E-state index contributed by atoms with van der Waals surface area (Å²) in [5, 5.41) is 0. The van der Waals surface area contributed by atoms with Gasteiger partial charge in [-0.2, -0.15) is 8.42 Å². The molecule has 5 nitrogen and oxygen atoms in total. The number of nitrogens with two attached hydrogens (primary N) is 1. The van der Waals surface area contributed by atoms with E-state index in [2.05, 4.69) is 4.40 Å². The van der Waals surface area contributed by atoms with Gasteiger partial charge >= 0.3 is 0 Å². The van der Waals surface area contributed by atoms with Crippen molar-refractivity contribution in [2.24, 2.45) is 15.5 Å². The monoisotopic (exact) mass is 281 g/mol. The summed E-state index contributed by atoms with van der Waals surface area (Å²) in [5.74, 6) is 0.497. The van der Waals surface area contributed by atoms with Crippen LogP contribution in [-0.2, 0) is 10.0 Å². The summed E-state index contributed by atoms with van der Waals surface area (Å²) >= 11 is 0. The summed E-state index contributed by atoms with van der Waals surface area (Å²) in [5.41, 5.74) is 6.28. The van der Waals surface area contributed by atoms with Gasteiger partial charge in [-0.05, 0) is 24.1 Å². The van der Waals surface area contributed by atoms with Gasteiger partial charge in [0.2, 0.25) is 0 Å². The van der Waals surface area contributed by atoms with Gasteiger partial charge in [0.25, 0.3) is 10.0 Å². The molecule has 0 fully saturated rings. The van der Waals surface area contributed by atoms with Crippen molar-refractivity contribution in [1.29, 1.82) is 0 Å². The molecular weight excluding hydrogens is 262 g/mol. The van der Waals surface area contributed by atoms with Gasteiger partial charge in [-0.25, -0.2) is 0 Å². The molecule has 0 amide bonds. The third-order valence-electron chi connectivity index (χ3n) is 3.19. The summed E-state index contributed by atoms with van der Waals surface area (Å²) in [4.78, 5) is 2.14. The van der Waals surface area contributed by atoms with Crippen LogP contribution in [0.1, 0.15) is 19.4 Å². The van der Waals surface area contributed by atoms with Crippen LogP contribution in [-0.4, -0.2) is 39.3 Å². The van der Waals surface area contributed by atoms with Crippen molar-refractivity contribution in [3.05, 3.63) is 29.8 Å². The lowest BCUT2D eigenvalue weighted by Gasteiger charge is -2.30. The molecule has 1 aromatic carbocycles. The fourth-order valence-corrected chi connectivity index (χ4v) is 3.40. The maximum Gasteiger partial charge on any atom is 0.285 e. The Morgan fingerprint density at radius 2 is 1.95 bits per heavy atom. The highest BCUT2D eigenvalue weighted by molar-refractivity contribution is 7.90. The predicted molar refractivity (Wildman–Crippen MR) is 75.6 cm³/mol. The van der Waals surface area contributed by atoms with Crippen LogP contribution in [0.15, 0.2) is 33.6 Å². The Labute approximate surface area is 114 Å². The highest BCUT2D eigenvalue weighted by Gasteiger charge is 2.31. The van der Waals surface area contributed by atoms with Crippen molar-refractivity contribution in [2.45, 2.75) is 18.7 Å².